The van der Waals surface area contributed by atoms with E-state index in [4.69, 9.17) is 4.42 Å². The molecule has 0 fully saturated rings. The first-order valence-corrected chi connectivity index (χ1v) is 4.85. The highest BCUT2D eigenvalue weighted by Gasteiger charge is 2.08. The minimum atomic E-state index is -0.270. The molecule has 0 N–H and O–H groups in total. The molecule has 1 heterocycles. The van der Waals surface area contributed by atoms with Crippen LogP contribution in [0, 0.1) is 5.82 Å². The van der Waals surface area contributed by atoms with Gasteiger partial charge in [0.05, 0.1) is 5.69 Å². The molecule has 0 spiro atoms. The van der Waals surface area contributed by atoms with Crippen LogP contribution in [0.25, 0.3) is 0 Å². The number of nitrogens with zero attached hydrogens (tertiary/aromatic N) is 1. The molecule has 0 atom stereocenters. The Morgan fingerprint density at radius 2 is 2.06 bits per heavy atom. The van der Waals surface area contributed by atoms with E-state index < -0.39 is 0 Å². The topological polar surface area (TPSA) is 43.1 Å². The molecule has 3 nitrogen and oxygen atoms in total. The molecule has 0 saturated carbocycles. The second kappa shape index (κ2) is 4.26. The zero-order chi connectivity index (χ0) is 11.5. The minimum Gasteiger partial charge on any atom is -0.442 e. The number of carbonyl (C=O) groups is 1. The van der Waals surface area contributed by atoms with E-state index in [-0.39, 0.29) is 17.5 Å². The summed E-state index contributed by atoms with van der Waals surface area (Å²) in [5, 5.41) is 0. The summed E-state index contributed by atoms with van der Waals surface area (Å²) in [4.78, 5) is 15.0. The molecule has 0 unspecified atom stereocenters. The lowest BCUT2D eigenvalue weighted by atomic mass is 10.1. The normalized spacial score (nSPS) is 10.4. The van der Waals surface area contributed by atoms with Gasteiger partial charge in [-0.3, -0.25) is 4.79 Å². The van der Waals surface area contributed by atoms with E-state index in [9.17, 15) is 9.18 Å². The van der Waals surface area contributed by atoms with Crippen LogP contribution in [0.2, 0.25) is 0 Å². The van der Waals surface area contributed by atoms with Crippen LogP contribution in [0.15, 0.2) is 34.9 Å². The summed E-state index contributed by atoms with van der Waals surface area (Å²) in [5.41, 5.74) is 1.58. The molecule has 82 valence electrons. The smallest absolute Gasteiger partial charge is 0.263 e. The van der Waals surface area contributed by atoms with E-state index in [1.165, 1.54) is 25.3 Å². The van der Waals surface area contributed by atoms with Crippen molar-refractivity contribution in [1.82, 2.24) is 4.98 Å². The molecule has 16 heavy (non-hydrogen) atoms. The second-order valence-corrected chi connectivity index (χ2v) is 3.50. The van der Waals surface area contributed by atoms with E-state index in [1.807, 2.05) is 0 Å². The number of oxazole rings is 1. The van der Waals surface area contributed by atoms with Crippen molar-refractivity contribution < 1.29 is 13.6 Å². The molecule has 2 rings (SSSR count). The Balaban J connectivity index is 2.14. The quantitative estimate of drug-likeness (QED) is 0.745. The zero-order valence-corrected chi connectivity index (χ0v) is 8.74. The lowest BCUT2D eigenvalue weighted by Gasteiger charge is -1.96. The average molecular weight is 219 g/mol. The highest BCUT2D eigenvalue weighted by atomic mass is 19.1. The lowest BCUT2D eigenvalue weighted by molar-refractivity contribution is 0.0980. The summed E-state index contributed by atoms with van der Waals surface area (Å²) in [6.07, 6.45) is 1.97. The number of hydrogen-bond donors (Lipinski definition) is 0. The van der Waals surface area contributed by atoms with Crippen molar-refractivity contribution in [2.75, 3.05) is 0 Å². The molecule has 1 aromatic heterocycles. The molecule has 0 aliphatic heterocycles. The second-order valence-electron chi connectivity index (χ2n) is 3.50. The largest absolute Gasteiger partial charge is 0.442 e. The van der Waals surface area contributed by atoms with Crippen molar-refractivity contribution in [1.29, 1.82) is 0 Å². The fourth-order valence-corrected chi connectivity index (χ4v) is 1.36. The number of aromatic nitrogens is 1. The monoisotopic (exact) mass is 219 g/mol. The van der Waals surface area contributed by atoms with Crippen LogP contribution in [0.1, 0.15) is 28.9 Å². The lowest BCUT2D eigenvalue weighted by Crippen LogP contribution is -1.94. The number of Topliss-reactive ketones (excluding diaryl/α,β-unsaturated/α-hetero) is 1. The van der Waals surface area contributed by atoms with Crippen molar-refractivity contribution in [3.05, 3.63) is 53.5 Å². The van der Waals surface area contributed by atoms with Crippen LogP contribution in [0.4, 0.5) is 4.39 Å². The highest BCUT2D eigenvalue weighted by molar-refractivity contribution is 5.89. The van der Waals surface area contributed by atoms with E-state index >= 15 is 0 Å². The average Bonchev–Trinajstić information content (AvgIpc) is 2.70. The molecule has 2 aromatic rings. The van der Waals surface area contributed by atoms with Crippen molar-refractivity contribution in [3.8, 4) is 0 Å². The summed E-state index contributed by atoms with van der Waals surface area (Å²) >= 11 is 0. The number of halogens is 1. The number of ketones is 1. The third-order valence-electron chi connectivity index (χ3n) is 2.15. The van der Waals surface area contributed by atoms with Gasteiger partial charge in [0.25, 0.3) is 5.89 Å². The van der Waals surface area contributed by atoms with Gasteiger partial charge in [-0.15, -0.1) is 0 Å². The summed E-state index contributed by atoms with van der Waals surface area (Å²) in [5.74, 6) is -0.365. The summed E-state index contributed by atoms with van der Waals surface area (Å²) in [7, 11) is 0. The number of carbonyl (C=O) groups excluding carboxylic acids is 1. The van der Waals surface area contributed by atoms with Crippen LogP contribution in [0.3, 0.4) is 0 Å². The third-order valence-corrected chi connectivity index (χ3v) is 2.15. The van der Waals surface area contributed by atoms with Crippen molar-refractivity contribution in [2.24, 2.45) is 0 Å². The maximum atomic E-state index is 12.7. The standard InChI is InChI=1S/C12H10FNO2/c1-8(15)12-14-11(7-16-12)6-9-2-4-10(13)5-3-9/h2-5,7H,6H2,1H3. The summed E-state index contributed by atoms with van der Waals surface area (Å²) < 4.78 is 17.6. The van der Waals surface area contributed by atoms with Gasteiger partial charge in [-0.05, 0) is 17.7 Å². The van der Waals surface area contributed by atoms with Crippen LogP contribution in [-0.4, -0.2) is 10.8 Å². The van der Waals surface area contributed by atoms with Gasteiger partial charge in [0.15, 0.2) is 0 Å². The Morgan fingerprint density at radius 1 is 1.38 bits per heavy atom. The van der Waals surface area contributed by atoms with Gasteiger partial charge < -0.3 is 4.42 Å². The molecular weight excluding hydrogens is 209 g/mol. The van der Waals surface area contributed by atoms with E-state index in [0.29, 0.717) is 12.1 Å². The number of hydrogen-bond acceptors (Lipinski definition) is 3. The fourth-order valence-electron chi connectivity index (χ4n) is 1.36. The Hall–Kier alpha value is -1.97. The van der Waals surface area contributed by atoms with Crippen molar-refractivity contribution in [3.63, 3.8) is 0 Å². The molecule has 0 saturated heterocycles. The predicted octanol–water partition coefficient (Wildman–Crippen LogP) is 2.61. The van der Waals surface area contributed by atoms with Gasteiger partial charge in [-0.2, -0.15) is 0 Å². The molecule has 0 aliphatic carbocycles. The predicted molar refractivity (Wildman–Crippen MR) is 55.7 cm³/mol. The zero-order valence-electron chi connectivity index (χ0n) is 8.74. The Kier molecular flexibility index (Phi) is 2.81. The van der Waals surface area contributed by atoms with Crippen LogP contribution < -0.4 is 0 Å². The number of rotatable bonds is 3. The molecule has 0 bridgehead atoms. The molecular formula is C12H10FNO2. The van der Waals surface area contributed by atoms with Gasteiger partial charge in [0, 0.05) is 13.3 Å². The Bertz CT molecular complexity index is 502. The van der Waals surface area contributed by atoms with E-state index in [2.05, 4.69) is 4.98 Å². The first kappa shape index (κ1) is 10.5. The van der Waals surface area contributed by atoms with E-state index in [1.54, 1.807) is 12.1 Å². The van der Waals surface area contributed by atoms with Crippen LogP contribution in [0.5, 0.6) is 0 Å². The van der Waals surface area contributed by atoms with E-state index in [0.717, 1.165) is 5.56 Å². The highest BCUT2D eigenvalue weighted by Crippen LogP contribution is 2.10. The maximum absolute atomic E-state index is 12.7. The summed E-state index contributed by atoms with van der Waals surface area (Å²) in [6.45, 7) is 1.40. The van der Waals surface area contributed by atoms with Gasteiger partial charge in [-0.1, -0.05) is 12.1 Å². The first-order chi connectivity index (χ1) is 7.65. The van der Waals surface area contributed by atoms with Crippen molar-refractivity contribution in [2.45, 2.75) is 13.3 Å². The number of benzene rings is 1. The van der Waals surface area contributed by atoms with Gasteiger partial charge >= 0.3 is 0 Å². The SMILES string of the molecule is CC(=O)c1nc(Cc2ccc(F)cc2)co1. The molecule has 0 aliphatic rings. The maximum Gasteiger partial charge on any atom is 0.263 e. The minimum absolute atomic E-state index is 0.108. The van der Waals surface area contributed by atoms with Crippen LogP contribution in [-0.2, 0) is 6.42 Å². The first-order valence-electron chi connectivity index (χ1n) is 4.85. The van der Waals surface area contributed by atoms with Crippen molar-refractivity contribution >= 4 is 5.78 Å². The molecule has 0 radical (unpaired) electrons. The molecule has 4 heteroatoms. The van der Waals surface area contributed by atoms with Crippen LogP contribution >= 0.6 is 0 Å². The Morgan fingerprint density at radius 3 is 2.62 bits per heavy atom. The molecule has 1 aromatic carbocycles. The third kappa shape index (κ3) is 2.34. The van der Waals surface area contributed by atoms with Gasteiger partial charge in [0.2, 0.25) is 5.78 Å². The molecule has 0 amide bonds. The van der Waals surface area contributed by atoms with Gasteiger partial charge in [0.1, 0.15) is 12.1 Å². The fraction of sp³-hybridized carbons (Fsp3) is 0.167. The Labute approximate surface area is 91.9 Å². The van der Waals surface area contributed by atoms with Gasteiger partial charge in [-0.25, -0.2) is 9.37 Å². The summed E-state index contributed by atoms with van der Waals surface area (Å²) in [6, 6.07) is 6.14.